The van der Waals surface area contributed by atoms with Gasteiger partial charge in [-0.1, -0.05) is 29.5 Å². The Kier molecular flexibility index (Phi) is 3.71. The van der Waals surface area contributed by atoms with Crippen molar-refractivity contribution in [2.45, 2.75) is 6.92 Å². The van der Waals surface area contributed by atoms with Crippen molar-refractivity contribution in [2.75, 3.05) is 19.0 Å². The van der Waals surface area contributed by atoms with E-state index in [4.69, 9.17) is 0 Å². The molecule has 2 aromatic carbocycles. The van der Waals surface area contributed by atoms with Gasteiger partial charge in [0, 0.05) is 26.0 Å². The molecular weight excluding hydrogens is 278 g/mol. The van der Waals surface area contributed by atoms with E-state index in [1.807, 2.05) is 26.4 Å². The molecular formula is C17H17N3S. The van der Waals surface area contributed by atoms with Gasteiger partial charge >= 0.3 is 0 Å². The molecule has 4 heteroatoms. The predicted molar refractivity (Wildman–Crippen MR) is 92.4 cm³/mol. The Morgan fingerprint density at radius 3 is 2.57 bits per heavy atom. The Hall–Kier alpha value is -2.20. The second kappa shape index (κ2) is 5.66. The summed E-state index contributed by atoms with van der Waals surface area (Å²) >= 11 is 1.62. The number of hydrogen-bond acceptors (Lipinski definition) is 4. The summed E-state index contributed by atoms with van der Waals surface area (Å²) in [5.74, 6) is 0. The SMILES string of the molecule is Cc1ccc2nc(/N=C/c3ccc(N(C)C)cc3)sc2c1. The van der Waals surface area contributed by atoms with Crippen LogP contribution in [0.2, 0.25) is 0 Å². The summed E-state index contributed by atoms with van der Waals surface area (Å²) in [7, 11) is 4.07. The van der Waals surface area contributed by atoms with Crippen LogP contribution in [0.5, 0.6) is 0 Å². The van der Waals surface area contributed by atoms with Crippen molar-refractivity contribution in [1.82, 2.24) is 4.98 Å². The molecule has 0 saturated carbocycles. The molecule has 0 radical (unpaired) electrons. The number of anilines is 1. The van der Waals surface area contributed by atoms with Crippen molar-refractivity contribution in [3.63, 3.8) is 0 Å². The Balaban J connectivity index is 1.83. The van der Waals surface area contributed by atoms with Gasteiger partial charge in [-0.3, -0.25) is 0 Å². The fraction of sp³-hybridized carbons (Fsp3) is 0.176. The van der Waals surface area contributed by atoms with Crippen LogP contribution < -0.4 is 4.90 Å². The average Bonchev–Trinajstić information content (AvgIpc) is 2.87. The van der Waals surface area contributed by atoms with Crippen LogP contribution in [0.4, 0.5) is 10.8 Å². The summed E-state index contributed by atoms with van der Waals surface area (Å²) in [6, 6.07) is 14.6. The number of rotatable bonds is 3. The van der Waals surface area contributed by atoms with Gasteiger partial charge in [0.05, 0.1) is 10.2 Å². The standard InChI is InChI=1S/C17H17N3S/c1-12-4-9-15-16(10-12)21-17(19-15)18-11-13-5-7-14(8-6-13)20(2)3/h4-11H,1-3H3/b18-11+. The number of aliphatic imine (C=N–C) groups is 1. The largest absolute Gasteiger partial charge is 0.378 e. The molecule has 1 heterocycles. The van der Waals surface area contributed by atoms with Crippen molar-refractivity contribution in [3.05, 3.63) is 53.6 Å². The lowest BCUT2D eigenvalue weighted by Gasteiger charge is -2.11. The monoisotopic (exact) mass is 295 g/mol. The molecule has 0 amide bonds. The van der Waals surface area contributed by atoms with E-state index in [0.717, 1.165) is 16.2 Å². The third-order valence-corrected chi connectivity index (χ3v) is 4.19. The van der Waals surface area contributed by atoms with E-state index in [0.29, 0.717) is 0 Å². The molecule has 0 aliphatic heterocycles. The highest BCUT2D eigenvalue weighted by molar-refractivity contribution is 7.22. The lowest BCUT2D eigenvalue weighted by atomic mass is 10.2. The molecule has 0 N–H and O–H groups in total. The first-order valence-electron chi connectivity index (χ1n) is 6.80. The van der Waals surface area contributed by atoms with E-state index in [1.54, 1.807) is 11.3 Å². The number of aryl methyl sites for hydroxylation is 1. The Morgan fingerprint density at radius 1 is 1.10 bits per heavy atom. The van der Waals surface area contributed by atoms with Crippen LogP contribution in [0.3, 0.4) is 0 Å². The van der Waals surface area contributed by atoms with Crippen LogP contribution in [0, 0.1) is 6.92 Å². The number of hydrogen-bond donors (Lipinski definition) is 0. The van der Waals surface area contributed by atoms with Gasteiger partial charge in [0.2, 0.25) is 5.13 Å². The minimum absolute atomic E-state index is 0.798. The first kappa shape index (κ1) is 13.8. The van der Waals surface area contributed by atoms with Gasteiger partial charge < -0.3 is 4.90 Å². The van der Waals surface area contributed by atoms with Gasteiger partial charge in [0.25, 0.3) is 0 Å². The Morgan fingerprint density at radius 2 is 1.86 bits per heavy atom. The van der Waals surface area contributed by atoms with E-state index in [-0.39, 0.29) is 0 Å². The van der Waals surface area contributed by atoms with Gasteiger partial charge in [-0.05, 0) is 42.3 Å². The maximum atomic E-state index is 4.53. The van der Waals surface area contributed by atoms with Crippen LogP contribution in [0.1, 0.15) is 11.1 Å². The molecule has 106 valence electrons. The van der Waals surface area contributed by atoms with Gasteiger partial charge in [-0.15, -0.1) is 0 Å². The minimum Gasteiger partial charge on any atom is -0.378 e. The predicted octanol–water partition coefficient (Wildman–Crippen LogP) is 4.42. The van der Waals surface area contributed by atoms with Crippen LogP contribution in [-0.2, 0) is 0 Å². The molecule has 0 bridgehead atoms. The maximum absolute atomic E-state index is 4.53. The number of benzene rings is 2. The quantitative estimate of drug-likeness (QED) is 0.669. The van der Waals surface area contributed by atoms with Gasteiger partial charge in [-0.2, -0.15) is 0 Å². The fourth-order valence-corrected chi connectivity index (χ4v) is 2.97. The molecule has 0 atom stereocenters. The zero-order valence-electron chi connectivity index (χ0n) is 12.4. The number of thiazole rings is 1. The van der Waals surface area contributed by atoms with E-state index in [9.17, 15) is 0 Å². The van der Waals surface area contributed by atoms with E-state index in [1.165, 1.54) is 16.0 Å². The zero-order valence-corrected chi connectivity index (χ0v) is 13.2. The maximum Gasteiger partial charge on any atom is 0.210 e. The molecule has 3 rings (SSSR count). The third kappa shape index (κ3) is 3.11. The molecule has 0 aliphatic carbocycles. The second-order valence-corrected chi connectivity index (χ2v) is 6.22. The first-order chi connectivity index (χ1) is 10.1. The van der Waals surface area contributed by atoms with Crippen LogP contribution >= 0.6 is 11.3 Å². The lowest BCUT2D eigenvalue weighted by molar-refractivity contribution is 1.13. The van der Waals surface area contributed by atoms with Gasteiger partial charge in [0.1, 0.15) is 0 Å². The smallest absolute Gasteiger partial charge is 0.210 e. The van der Waals surface area contributed by atoms with E-state index < -0.39 is 0 Å². The normalized spacial score (nSPS) is 11.4. The molecule has 0 fully saturated rings. The summed E-state index contributed by atoms with van der Waals surface area (Å²) in [6.45, 7) is 2.09. The van der Waals surface area contributed by atoms with Crippen LogP contribution in [0.25, 0.3) is 10.2 Å². The lowest BCUT2D eigenvalue weighted by Crippen LogP contribution is -2.08. The minimum atomic E-state index is 0.798. The van der Waals surface area contributed by atoms with E-state index in [2.05, 4.69) is 58.2 Å². The zero-order chi connectivity index (χ0) is 14.8. The molecule has 1 aromatic heterocycles. The summed E-state index contributed by atoms with van der Waals surface area (Å²) in [5, 5.41) is 0.798. The number of nitrogens with zero attached hydrogens (tertiary/aromatic N) is 3. The molecule has 0 spiro atoms. The highest BCUT2D eigenvalue weighted by atomic mass is 32.1. The number of aromatic nitrogens is 1. The van der Waals surface area contributed by atoms with Gasteiger partial charge in [0.15, 0.2) is 0 Å². The Labute approximate surface area is 128 Å². The van der Waals surface area contributed by atoms with Crippen molar-refractivity contribution in [1.29, 1.82) is 0 Å². The van der Waals surface area contributed by atoms with Crippen LogP contribution in [-0.4, -0.2) is 25.3 Å². The van der Waals surface area contributed by atoms with Crippen molar-refractivity contribution < 1.29 is 0 Å². The highest BCUT2D eigenvalue weighted by Gasteiger charge is 2.02. The molecule has 3 nitrogen and oxygen atoms in total. The molecule has 0 unspecified atom stereocenters. The second-order valence-electron chi connectivity index (χ2n) is 5.21. The molecule has 3 aromatic rings. The highest BCUT2D eigenvalue weighted by Crippen LogP contribution is 2.28. The average molecular weight is 295 g/mol. The van der Waals surface area contributed by atoms with Crippen LogP contribution in [0.15, 0.2) is 47.5 Å². The molecule has 21 heavy (non-hydrogen) atoms. The first-order valence-corrected chi connectivity index (χ1v) is 7.62. The third-order valence-electron chi connectivity index (χ3n) is 3.27. The van der Waals surface area contributed by atoms with Crippen molar-refractivity contribution >= 4 is 38.6 Å². The van der Waals surface area contributed by atoms with E-state index >= 15 is 0 Å². The summed E-state index contributed by atoms with van der Waals surface area (Å²) in [6.07, 6.45) is 1.87. The number of fused-ring (bicyclic) bond motifs is 1. The van der Waals surface area contributed by atoms with Crippen molar-refractivity contribution in [3.8, 4) is 0 Å². The van der Waals surface area contributed by atoms with Gasteiger partial charge in [-0.25, -0.2) is 9.98 Å². The Bertz CT molecular complexity index is 785. The molecule has 0 aliphatic rings. The fourth-order valence-electron chi connectivity index (χ4n) is 2.06. The van der Waals surface area contributed by atoms with Crippen molar-refractivity contribution in [2.24, 2.45) is 4.99 Å². The summed E-state index contributed by atoms with van der Waals surface area (Å²) < 4.78 is 1.19. The topological polar surface area (TPSA) is 28.5 Å². The molecule has 0 saturated heterocycles. The summed E-state index contributed by atoms with van der Waals surface area (Å²) in [5.41, 5.74) is 4.53. The summed E-state index contributed by atoms with van der Waals surface area (Å²) in [4.78, 5) is 11.1.